The van der Waals surface area contributed by atoms with Gasteiger partial charge in [0.05, 0.1) is 13.2 Å². The summed E-state index contributed by atoms with van der Waals surface area (Å²) in [7, 11) is 1.62. The molecule has 7 nitrogen and oxygen atoms in total. The van der Waals surface area contributed by atoms with E-state index in [-0.39, 0.29) is 36.6 Å². The minimum absolute atomic E-state index is 0.00576. The molecule has 0 fully saturated rings. The molecule has 32 heavy (non-hydrogen) atoms. The number of hydrogen-bond donors (Lipinski definition) is 1. The summed E-state index contributed by atoms with van der Waals surface area (Å²) in [5.41, 5.74) is 1.13. The van der Waals surface area contributed by atoms with Gasteiger partial charge in [-0.2, -0.15) is 0 Å². The van der Waals surface area contributed by atoms with Gasteiger partial charge in [0.25, 0.3) is 0 Å². The molecule has 0 radical (unpaired) electrons. The van der Waals surface area contributed by atoms with Gasteiger partial charge in [-0.05, 0) is 63.3 Å². The SMILES string of the molecule is COc1cccc(OC[C@@H]2c3ccsc3CCN2C(=O)CN(C(=O)NC(C)C)C(C)C)c1. The summed E-state index contributed by atoms with van der Waals surface area (Å²) in [5.74, 6) is 1.34. The fourth-order valence-corrected chi connectivity index (χ4v) is 4.72. The Morgan fingerprint density at radius 3 is 2.66 bits per heavy atom. The lowest BCUT2D eigenvalue weighted by Crippen LogP contribution is -2.52. The molecular formula is C24H33N3O4S. The summed E-state index contributed by atoms with van der Waals surface area (Å²) in [6, 6.07) is 9.02. The Balaban J connectivity index is 1.77. The molecule has 0 saturated heterocycles. The van der Waals surface area contributed by atoms with Crippen molar-refractivity contribution in [3.05, 3.63) is 46.2 Å². The number of nitrogens with one attached hydrogen (secondary N) is 1. The maximum absolute atomic E-state index is 13.4. The lowest BCUT2D eigenvalue weighted by atomic mass is 10.0. The lowest BCUT2D eigenvalue weighted by molar-refractivity contribution is -0.135. The van der Waals surface area contributed by atoms with Crippen molar-refractivity contribution in [2.45, 2.75) is 52.2 Å². The zero-order chi connectivity index (χ0) is 23.3. The van der Waals surface area contributed by atoms with E-state index in [0.717, 1.165) is 17.7 Å². The van der Waals surface area contributed by atoms with Gasteiger partial charge in [0.2, 0.25) is 5.91 Å². The number of thiophene rings is 1. The first-order valence-electron chi connectivity index (χ1n) is 11.0. The maximum atomic E-state index is 13.4. The van der Waals surface area contributed by atoms with Crippen molar-refractivity contribution >= 4 is 23.3 Å². The second-order valence-electron chi connectivity index (χ2n) is 8.47. The molecule has 1 aliphatic rings. The molecule has 1 aromatic carbocycles. The monoisotopic (exact) mass is 459 g/mol. The van der Waals surface area contributed by atoms with Crippen molar-refractivity contribution in [2.75, 3.05) is 26.8 Å². The predicted octanol–water partition coefficient (Wildman–Crippen LogP) is 4.09. The van der Waals surface area contributed by atoms with Crippen LogP contribution in [0.2, 0.25) is 0 Å². The van der Waals surface area contributed by atoms with E-state index in [2.05, 4.69) is 16.8 Å². The number of urea groups is 1. The molecule has 1 aliphatic heterocycles. The fraction of sp³-hybridized carbons (Fsp3) is 0.500. The molecule has 0 saturated carbocycles. The number of amides is 3. The van der Waals surface area contributed by atoms with Crippen molar-refractivity contribution in [1.82, 2.24) is 15.1 Å². The Kier molecular flexibility index (Phi) is 8.01. The van der Waals surface area contributed by atoms with Crippen LogP contribution in [0.4, 0.5) is 4.79 Å². The molecular weight excluding hydrogens is 426 g/mol. The molecule has 3 rings (SSSR count). The molecule has 1 N–H and O–H groups in total. The third-order valence-electron chi connectivity index (χ3n) is 5.47. The van der Waals surface area contributed by atoms with Gasteiger partial charge in [-0.25, -0.2) is 4.79 Å². The van der Waals surface area contributed by atoms with E-state index in [1.54, 1.807) is 23.3 Å². The summed E-state index contributed by atoms with van der Waals surface area (Å²) < 4.78 is 11.4. The molecule has 1 atom stereocenters. The Morgan fingerprint density at radius 1 is 1.22 bits per heavy atom. The van der Waals surface area contributed by atoms with E-state index in [9.17, 15) is 9.59 Å². The number of rotatable bonds is 8. The van der Waals surface area contributed by atoms with Crippen LogP contribution in [-0.2, 0) is 11.2 Å². The average Bonchev–Trinajstić information content (AvgIpc) is 3.24. The number of hydrogen-bond acceptors (Lipinski definition) is 5. The van der Waals surface area contributed by atoms with E-state index in [1.807, 2.05) is 56.9 Å². The molecule has 3 amide bonds. The van der Waals surface area contributed by atoms with Gasteiger partial charge in [0, 0.05) is 29.6 Å². The van der Waals surface area contributed by atoms with E-state index < -0.39 is 0 Å². The van der Waals surface area contributed by atoms with Gasteiger partial charge in [-0.1, -0.05) is 6.07 Å². The largest absolute Gasteiger partial charge is 0.497 e. The van der Waals surface area contributed by atoms with E-state index in [4.69, 9.17) is 9.47 Å². The van der Waals surface area contributed by atoms with Crippen LogP contribution in [0.3, 0.4) is 0 Å². The van der Waals surface area contributed by atoms with Gasteiger partial charge in [-0.3, -0.25) is 4.79 Å². The Bertz CT molecular complexity index is 927. The van der Waals surface area contributed by atoms with Gasteiger partial charge in [0.1, 0.15) is 24.7 Å². The predicted molar refractivity (Wildman–Crippen MR) is 126 cm³/mol. The second-order valence-corrected chi connectivity index (χ2v) is 9.47. The van der Waals surface area contributed by atoms with Gasteiger partial charge >= 0.3 is 6.03 Å². The van der Waals surface area contributed by atoms with Crippen molar-refractivity contribution in [2.24, 2.45) is 0 Å². The van der Waals surface area contributed by atoms with Crippen LogP contribution in [0.15, 0.2) is 35.7 Å². The highest BCUT2D eigenvalue weighted by Gasteiger charge is 2.34. The molecule has 2 aromatic rings. The molecule has 8 heteroatoms. The summed E-state index contributed by atoms with van der Waals surface area (Å²) >= 11 is 1.71. The average molecular weight is 460 g/mol. The Hall–Kier alpha value is -2.74. The topological polar surface area (TPSA) is 71.1 Å². The zero-order valence-electron chi connectivity index (χ0n) is 19.5. The molecule has 2 heterocycles. The van der Waals surface area contributed by atoms with Crippen molar-refractivity contribution in [3.8, 4) is 11.5 Å². The normalized spacial score (nSPS) is 15.5. The zero-order valence-corrected chi connectivity index (χ0v) is 20.3. The van der Waals surface area contributed by atoms with Crippen LogP contribution in [0.25, 0.3) is 0 Å². The molecule has 0 unspecified atom stereocenters. The lowest BCUT2D eigenvalue weighted by Gasteiger charge is -2.37. The number of carbonyl (C=O) groups is 2. The molecule has 0 spiro atoms. The third kappa shape index (κ3) is 5.73. The standard InChI is InChI=1S/C24H33N3O4S/c1-16(2)25-24(29)27(17(3)4)14-23(28)26-11-9-22-20(10-12-32-22)21(26)15-31-19-8-6-7-18(13-19)30-5/h6-8,10,12-13,16-17,21H,9,11,14-15H2,1-5H3,(H,25,29)/t21-/m1/s1. The van der Waals surface area contributed by atoms with E-state index in [1.165, 1.54) is 4.88 Å². The van der Waals surface area contributed by atoms with Crippen molar-refractivity contribution in [3.63, 3.8) is 0 Å². The number of benzene rings is 1. The third-order valence-corrected chi connectivity index (χ3v) is 6.46. The van der Waals surface area contributed by atoms with Crippen LogP contribution in [0, 0.1) is 0 Å². The van der Waals surface area contributed by atoms with Gasteiger partial charge < -0.3 is 24.6 Å². The number of fused-ring (bicyclic) bond motifs is 1. The summed E-state index contributed by atoms with van der Waals surface area (Å²) in [5, 5.41) is 4.96. The Labute approximate surface area is 194 Å². The first-order valence-corrected chi connectivity index (χ1v) is 11.9. The summed E-state index contributed by atoms with van der Waals surface area (Å²) in [4.78, 5) is 30.7. The highest BCUT2D eigenvalue weighted by Crippen LogP contribution is 2.34. The first-order chi connectivity index (χ1) is 15.3. The second kappa shape index (κ2) is 10.7. The fourth-order valence-electron chi connectivity index (χ4n) is 3.80. The van der Waals surface area contributed by atoms with Crippen molar-refractivity contribution in [1.29, 1.82) is 0 Å². The van der Waals surface area contributed by atoms with Crippen LogP contribution >= 0.6 is 11.3 Å². The maximum Gasteiger partial charge on any atom is 0.318 e. The van der Waals surface area contributed by atoms with Gasteiger partial charge in [-0.15, -0.1) is 11.3 Å². The highest BCUT2D eigenvalue weighted by molar-refractivity contribution is 7.10. The van der Waals surface area contributed by atoms with E-state index >= 15 is 0 Å². The van der Waals surface area contributed by atoms with Crippen molar-refractivity contribution < 1.29 is 19.1 Å². The Morgan fingerprint density at radius 2 is 1.97 bits per heavy atom. The summed E-state index contributed by atoms with van der Waals surface area (Å²) in [6.07, 6.45) is 0.814. The van der Waals surface area contributed by atoms with Crippen LogP contribution < -0.4 is 14.8 Å². The highest BCUT2D eigenvalue weighted by atomic mass is 32.1. The van der Waals surface area contributed by atoms with Crippen LogP contribution in [-0.4, -0.2) is 60.6 Å². The van der Waals surface area contributed by atoms with Crippen LogP contribution in [0.1, 0.15) is 44.2 Å². The van der Waals surface area contributed by atoms with Crippen LogP contribution in [0.5, 0.6) is 11.5 Å². The number of ether oxygens (including phenoxy) is 2. The first kappa shape index (κ1) is 23.9. The minimum Gasteiger partial charge on any atom is -0.497 e. The quantitative estimate of drug-likeness (QED) is 0.646. The summed E-state index contributed by atoms with van der Waals surface area (Å²) in [6.45, 7) is 8.64. The number of methoxy groups -OCH3 is 1. The molecule has 0 aliphatic carbocycles. The molecule has 174 valence electrons. The van der Waals surface area contributed by atoms with E-state index in [0.29, 0.717) is 18.9 Å². The molecule has 1 aromatic heterocycles. The minimum atomic E-state index is -0.222. The smallest absolute Gasteiger partial charge is 0.318 e. The molecule has 0 bridgehead atoms. The number of nitrogens with zero attached hydrogens (tertiary/aromatic N) is 2. The number of carbonyl (C=O) groups excluding carboxylic acids is 2. The van der Waals surface area contributed by atoms with Gasteiger partial charge in [0.15, 0.2) is 0 Å².